The van der Waals surface area contributed by atoms with Gasteiger partial charge in [-0.2, -0.15) is 0 Å². The van der Waals surface area contributed by atoms with E-state index >= 15 is 0 Å². The average molecular weight is 504 g/mol. The van der Waals surface area contributed by atoms with E-state index in [0.717, 1.165) is 82.9 Å². The minimum Gasteiger partial charge on any atom is -0.494 e. The molecular formula is C30H46ClNO3. The van der Waals surface area contributed by atoms with Crippen molar-refractivity contribution < 1.29 is 14.6 Å². The standard InChI is InChI=1S/C30H45NO3.ClH/c1-3-5-7-8-12-19-30(32,27-15-17-28(18-16-27)34-22-6-4-2)29(26-13-10-9-11-14-26)25-31-20-23-33-24-21-31;/h9-11,13-18,29,32H,3-8,12,19-25H2,1-2H3;1H. The third kappa shape index (κ3) is 9.09. The molecule has 3 rings (SSSR count). The number of halogens is 1. The number of ether oxygens (including phenoxy) is 2. The number of rotatable bonds is 15. The van der Waals surface area contributed by atoms with Crippen LogP contribution in [0.25, 0.3) is 0 Å². The average Bonchev–Trinajstić information content (AvgIpc) is 2.89. The van der Waals surface area contributed by atoms with E-state index < -0.39 is 5.60 Å². The normalized spacial score (nSPS) is 16.8. The quantitative estimate of drug-likeness (QED) is 0.267. The lowest BCUT2D eigenvalue weighted by atomic mass is 9.73. The van der Waals surface area contributed by atoms with Gasteiger partial charge in [0.15, 0.2) is 0 Å². The SMILES string of the molecule is CCCCCCCC(O)(c1ccc(OCCCC)cc1)C(CN1CCOCC1)c1ccccc1.Cl. The van der Waals surface area contributed by atoms with E-state index in [0.29, 0.717) is 0 Å². The Morgan fingerprint density at radius 1 is 0.886 bits per heavy atom. The van der Waals surface area contributed by atoms with E-state index in [9.17, 15) is 5.11 Å². The van der Waals surface area contributed by atoms with E-state index in [1.165, 1.54) is 24.8 Å². The van der Waals surface area contributed by atoms with Crippen molar-refractivity contribution in [2.75, 3.05) is 39.5 Å². The van der Waals surface area contributed by atoms with Gasteiger partial charge in [0.1, 0.15) is 5.75 Å². The molecule has 0 aromatic heterocycles. The van der Waals surface area contributed by atoms with Crippen LogP contribution in [0.5, 0.6) is 5.75 Å². The summed E-state index contributed by atoms with van der Waals surface area (Å²) in [5, 5.41) is 12.5. The fourth-order valence-corrected chi connectivity index (χ4v) is 4.95. The molecule has 1 fully saturated rings. The van der Waals surface area contributed by atoms with Crippen LogP contribution in [-0.4, -0.2) is 49.5 Å². The van der Waals surface area contributed by atoms with Crippen molar-refractivity contribution in [2.24, 2.45) is 0 Å². The maximum absolute atomic E-state index is 12.5. The van der Waals surface area contributed by atoms with Crippen molar-refractivity contribution in [1.82, 2.24) is 4.90 Å². The fourth-order valence-electron chi connectivity index (χ4n) is 4.95. The van der Waals surface area contributed by atoms with E-state index in [1.807, 2.05) is 12.1 Å². The second-order valence-electron chi connectivity index (χ2n) is 9.69. The molecule has 35 heavy (non-hydrogen) atoms. The van der Waals surface area contributed by atoms with Gasteiger partial charge in [0, 0.05) is 25.6 Å². The molecule has 2 unspecified atom stereocenters. The molecule has 1 saturated heterocycles. The predicted molar refractivity (Wildman–Crippen MR) is 148 cm³/mol. The van der Waals surface area contributed by atoms with Gasteiger partial charge in [0.25, 0.3) is 0 Å². The Bertz CT molecular complexity index is 795. The maximum Gasteiger partial charge on any atom is 0.119 e. The van der Waals surface area contributed by atoms with Gasteiger partial charge in [-0.3, -0.25) is 4.90 Å². The Morgan fingerprint density at radius 2 is 1.54 bits per heavy atom. The van der Waals surface area contributed by atoms with Gasteiger partial charge in [-0.25, -0.2) is 0 Å². The van der Waals surface area contributed by atoms with Gasteiger partial charge < -0.3 is 14.6 Å². The van der Waals surface area contributed by atoms with E-state index in [2.05, 4.69) is 61.2 Å². The molecule has 0 spiro atoms. The summed E-state index contributed by atoms with van der Waals surface area (Å²) in [6, 6.07) is 18.8. The van der Waals surface area contributed by atoms with Crippen molar-refractivity contribution in [1.29, 1.82) is 0 Å². The first-order valence-electron chi connectivity index (χ1n) is 13.5. The zero-order valence-corrected chi connectivity index (χ0v) is 22.6. The van der Waals surface area contributed by atoms with Crippen LogP contribution in [0.2, 0.25) is 0 Å². The highest BCUT2D eigenvalue weighted by Gasteiger charge is 2.40. The first-order valence-corrected chi connectivity index (χ1v) is 13.5. The van der Waals surface area contributed by atoms with Crippen LogP contribution in [0.3, 0.4) is 0 Å². The molecule has 0 bridgehead atoms. The molecule has 2 atom stereocenters. The molecule has 1 heterocycles. The fraction of sp³-hybridized carbons (Fsp3) is 0.600. The van der Waals surface area contributed by atoms with Crippen molar-refractivity contribution in [3.8, 4) is 5.75 Å². The largest absolute Gasteiger partial charge is 0.494 e. The number of morpholine rings is 1. The highest BCUT2D eigenvalue weighted by atomic mass is 35.5. The molecule has 196 valence electrons. The Balaban J connectivity index is 0.00000432. The van der Waals surface area contributed by atoms with Gasteiger partial charge in [0.2, 0.25) is 0 Å². The van der Waals surface area contributed by atoms with Crippen molar-refractivity contribution in [3.63, 3.8) is 0 Å². The summed E-state index contributed by atoms with van der Waals surface area (Å²) in [5.74, 6) is 0.872. The van der Waals surface area contributed by atoms with Crippen LogP contribution in [0, 0.1) is 0 Å². The van der Waals surface area contributed by atoms with Crippen LogP contribution in [0.4, 0.5) is 0 Å². The summed E-state index contributed by atoms with van der Waals surface area (Å²) in [5.41, 5.74) is 1.26. The topological polar surface area (TPSA) is 41.9 Å². The molecule has 0 saturated carbocycles. The lowest BCUT2D eigenvalue weighted by molar-refractivity contribution is -0.0296. The summed E-state index contributed by atoms with van der Waals surface area (Å²) in [6.45, 7) is 9.34. The molecule has 0 radical (unpaired) electrons. The van der Waals surface area contributed by atoms with E-state index in [1.54, 1.807) is 0 Å². The summed E-state index contributed by atoms with van der Waals surface area (Å²) in [6.07, 6.45) is 8.85. The molecule has 2 aromatic carbocycles. The molecular weight excluding hydrogens is 458 g/mol. The number of hydrogen-bond donors (Lipinski definition) is 1. The van der Waals surface area contributed by atoms with Crippen molar-refractivity contribution in [2.45, 2.75) is 76.7 Å². The molecule has 4 nitrogen and oxygen atoms in total. The Morgan fingerprint density at radius 3 is 2.20 bits per heavy atom. The zero-order valence-electron chi connectivity index (χ0n) is 21.8. The van der Waals surface area contributed by atoms with E-state index in [-0.39, 0.29) is 18.3 Å². The third-order valence-corrected chi connectivity index (χ3v) is 7.11. The lowest BCUT2D eigenvalue weighted by Gasteiger charge is -2.41. The number of unbranched alkanes of at least 4 members (excludes halogenated alkanes) is 5. The maximum atomic E-state index is 12.5. The number of benzene rings is 2. The van der Waals surface area contributed by atoms with Gasteiger partial charge in [-0.05, 0) is 36.1 Å². The minimum absolute atomic E-state index is 0. The molecule has 5 heteroatoms. The smallest absolute Gasteiger partial charge is 0.119 e. The van der Waals surface area contributed by atoms with Crippen LogP contribution in [0.15, 0.2) is 54.6 Å². The molecule has 2 aromatic rings. The number of nitrogens with zero attached hydrogens (tertiary/aromatic N) is 1. The molecule has 1 aliphatic rings. The van der Waals surface area contributed by atoms with Gasteiger partial charge in [-0.15, -0.1) is 12.4 Å². The van der Waals surface area contributed by atoms with Crippen LogP contribution < -0.4 is 4.74 Å². The van der Waals surface area contributed by atoms with Crippen LogP contribution in [-0.2, 0) is 10.3 Å². The summed E-state index contributed by atoms with van der Waals surface area (Å²) >= 11 is 0. The van der Waals surface area contributed by atoms with Crippen LogP contribution in [0.1, 0.15) is 82.3 Å². The molecule has 1 N–H and O–H groups in total. The van der Waals surface area contributed by atoms with Crippen molar-refractivity contribution in [3.05, 3.63) is 65.7 Å². The van der Waals surface area contributed by atoms with Gasteiger partial charge in [0.05, 0.1) is 25.4 Å². The summed E-state index contributed by atoms with van der Waals surface area (Å²) < 4.78 is 11.5. The highest BCUT2D eigenvalue weighted by molar-refractivity contribution is 5.85. The lowest BCUT2D eigenvalue weighted by Crippen LogP contribution is -2.45. The Kier molecular flexibility index (Phi) is 13.7. The van der Waals surface area contributed by atoms with E-state index in [4.69, 9.17) is 9.47 Å². The second-order valence-corrected chi connectivity index (χ2v) is 9.69. The molecule has 1 aliphatic heterocycles. The monoisotopic (exact) mass is 503 g/mol. The molecule has 0 amide bonds. The third-order valence-electron chi connectivity index (χ3n) is 7.11. The summed E-state index contributed by atoms with van der Waals surface area (Å²) in [4.78, 5) is 2.45. The first-order chi connectivity index (χ1) is 16.7. The number of aliphatic hydroxyl groups is 1. The number of hydrogen-bond acceptors (Lipinski definition) is 4. The Hall–Kier alpha value is -1.59. The second kappa shape index (κ2) is 16.2. The Labute approximate surface area is 219 Å². The van der Waals surface area contributed by atoms with Crippen LogP contribution >= 0.6 is 12.4 Å². The zero-order chi connectivity index (χ0) is 24.1. The minimum atomic E-state index is -0.937. The highest BCUT2D eigenvalue weighted by Crippen LogP contribution is 2.42. The summed E-state index contributed by atoms with van der Waals surface area (Å²) in [7, 11) is 0. The predicted octanol–water partition coefficient (Wildman–Crippen LogP) is 6.95. The molecule has 0 aliphatic carbocycles. The first kappa shape index (κ1) is 29.6. The van der Waals surface area contributed by atoms with Gasteiger partial charge >= 0.3 is 0 Å². The van der Waals surface area contributed by atoms with Gasteiger partial charge in [-0.1, -0.05) is 94.8 Å². The van der Waals surface area contributed by atoms with Crippen molar-refractivity contribution >= 4 is 12.4 Å².